The second-order valence-corrected chi connectivity index (χ2v) is 10.6. The molecule has 14 heteroatoms. The van der Waals surface area contributed by atoms with E-state index in [4.69, 9.17) is 9.47 Å². The Kier molecular flexibility index (Phi) is 6.85. The number of anilines is 2. The lowest BCUT2D eigenvalue weighted by atomic mass is 9.95. The molecule has 1 aromatic carbocycles. The van der Waals surface area contributed by atoms with Crippen LogP contribution in [0.1, 0.15) is 41.7 Å². The molecule has 0 radical (unpaired) electrons. The molecule has 3 fully saturated rings. The number of benzene rings is 1. The minimum absolute atomic E-state index is 0.0227. The number of ether oxygens (including phenoxy) is 3. The zero-order valence-electron chi connectivity index (χ0n) is 21.6. The smallest absolute Gasteiger partial charge is 0.508 e. The Bertz CT molecular complexity index is 1290. The molecule has 0 saturated carbocycles. The van der Waals surface area contributed by atoms with Gasteiger partial charge in [-0.3, -0.25) is 14.6 Å². The molecular weight excluding hydrogens is 538 g/mol. The van der Waals surface area contributed by atoms with E-state index < -0.39 is 35.5 Å². The average molecular weight is 568 g/mol. The van der Waals surface area contributed by atoms with Gasteiger partial charge >= 0.3 is 12.4 Å². The van der Waals surface area contributed by atoms with Crippen molar-refractivity contribution in [2.45, 2.75) is 50.3 Å². The molecule has 0 aliphatic carbocycles. The van der Waals surface area contributed by atoms with E-state index in [1.54, 1.807) is 0 Å². The Morgan fingerprint density at radius 3 is 2.83 bits per heavy atom. The van der Waals surface area contributed by atoms with Gasteiger partial charge in [-0.2, -0.15) is 9.97 Å². The number of alkyl halides is 4. The molecule has 10 nitrogen and oxygen atoms in total. The third kappa shape index (κ3) is 5.09. The first-order chi connectivity index (χ1) is 19.1. The molecule has 1 amide bonds. The third-order valence-corrected chi connectivity index (χ3v) is 7.92. The lowest BCUT2D eigenvalue weighted by molar-refractivity contribution is -0.274. The van der Waals surface area contributed by atoms with Crippen LogP contribution < -0.4 is 19.3 Å². The van der Waals surface area contributed by atoms with Gasteiger partial charge in [0.05, 0.1) is 30.1 Å². The van der Waals surface area contributed by atoms with E-state index in [0.29, 0.717) is 51.5 Å². The molecule has 1 aromatic heterocycles. The number of hydrogen-bond acceptors (Lipinski definition) is 9. The standard InChI is InChI=1S/C26H29F4N5O5/c27-16-12-25(5-1-7-34(25)13-16)15-39-24-31-18-14-35(19-4-3-17(36)11-20(19)40-26(28,29)30)23(37)21(18)22(32-24)33-6-2-9-38-10-8-33/h3-4,11,16,36H,1-2,5-10,12-15H2/t16-,25+/m1/s1. The molecule has 2 aromatic rings. The van der Waals surface area contributed by atoms with Crippen LogP contribution in [0.2, 0.25) is 0 Å². The van der Waals surface area contributed by atoms with Crippen LogP contribution >= 0.6 is 0 Å². The molecule has 0 unspecified atom stereocenters. The number of aromatic nitrogens is 2. The predicted molar refractivity (Wildman–Crippen MR) is 134 cm³/mol. The van der Waals surface area contributed by atoms with Crippen molar-refractivity contribution in [1.82, 2.24) is 14.9 Å². The fraction of sp³-hybridized carbons (Fsp3) is 0.577. The number of carbonyl (C=O) groups is 1. The maximum atomic E-state index is 14.3. The summed E-state index contributed by atoms with van der Waals surface area (Å²) in [7, 11) is 0. The first kappa shape index (κ1) is 26.8. The number of carbonyl (C=O) groups excluding carboxylic acids is 1. The van der Waals surface area contributed by atoms with Crippen LogP contribution in [0.5, 0.6) is 17.5 Å². The topological polar surface area (TPSA) is 100 Å². The average Bonchev–Trinajstić information content (AvgIpc) is 3.42. The largest absolute Gasteiger partial charge is 0.573 e. The van der Waals surface area contributed by atoms with Gasteiger partial charge in [0.15, 0.2) is 5.75 Å². The first-order valence-electron chi connectivity index (χ1n) is 13.3. The highest BCUT2D eigenvalue weighted by Crippen LogP contribution is 2.43. The number of aromatic hydroxyl groups is 1. The summed E-state index contributed by atoms with van der Waals surface area (Å²) in [5.74, 6) is -1.46. The normalized spacial score (nSPS) is 25.2. The summed E-state index contributed by atoms with van der Waals surface area (Å²) in [5.41, 5.74) is -0.163. The number of rotatable bonds is 6. The molecule has 5 heterocycles. The fourth-order valence-corrected chi connectivity index (χ4v) is 6.19. The van der Waals surface area contributed by atoms with Crippen molar-refractivity contribution < 1.29 is 41.7 Å². The van der Waals surface area contributed by atoms with Gasteiger partial charge in [-0.1, -0.05) is 0 Å². The van der Waals surface area contributed by atoms with Gasteiger partial charge in [0.1, 0.15) is 29.9 Å². The number of nitrogens with zero attached hydrogens (tertiary/aromatic N) is 5. The van der Waals surface area contributed by atoms with Gasteiger partial charge in [0.2, 0.25) is 0 Å². The monoisotopic (exact) mass is 567 g/mol. The second-order valence-electron chi connectivity index (χ2n) is 10.6. The minimum Gasteiger partial charge on any atom is -0.508 e. The Balaban J connectivity index is 1.34. The molecule has 216 valence electrons. The molecule has 6 rings (SSSR count). The van der Waals surface area contributed by atoms with Gasteiger partial charge in [-0.15, -0.1) is 13.2 Å². The number of hydrogen-bond donors (Lipinski definition) is 1. The lowest BCUT2D eigenvalue weighted by Crippen LogP contribution is -2.43. The number of amides is 1. The molecule has 3 saturated heterocycles. The van der Waals surface area contributed by atoms with Crippen molar-refractivity contribution in [3.05, 3.63) is 29.5 Å². The van der Waals surface area contributed by atoms with Crippen LogP contribution in [-0.2, 0) is 11.3 Å². The number of fused-ring (bicyclic) bond motifs is 2. The van der Waals surface area contributed by atoms with Crippen molar-refractivity contribution in [1.29, 1.82) is 0 Å². The number of phenols is 1. The summed E-state index contributed by atoms with van der Waals surface area (Å²) < 4.78 is 69.4. The Labute approximate surface area is 227 Å². The SMILES string of the molecule is O=C1c2c(nc(OC[C@@]34CCCN3C[C@H](F)C4)nc2N2CCCOCC2)CN1c1ccc(O)cc1OC(F)(F)F. The summed E-state index contributed by atoms with van der Waals surface area (Å²) in [6, 6.07) is 3.19. The van der Waals surface area contributed by atoms with Crippen LogP contribution in [0.15, 0.2) is 18.2 Å². The first-order valence-corrected chi connectivity index (χ1v) is 13.3. The number of phenolic OH excluding ortho intramolecular Hbond substituents is 1. The van der Waals surface area contributed by atoms with Crippen molar-refractivity contribution in [3.8, 4) is 17.5 Å². The molecule has 0 bridgehead atoms. The van der Waals surface area contributed by atoms with Crippen LogP contribution in [-0.4, -0.2) is 90.0 Å². The Morgan fingerprint density at radius 1 is 1.15 bits per heavy atom. The van der Waals surface area contributed by atoms with E-state index in [1.807, 2.05) is 4.90 Å². The van der Waals surface area contributed by atoms with E-state index in [9.17, 15) is 27.5 Å². The fourth-order valence-electron chi connectivity index (χ4n) is 6.19. The van der Waals surface area contributed by atoms with Gasteiger partial charge in [0, 0.05) is 38.7 Å². The van der Waals surface area contributed by atoms with Crippen LogP contribution in [0.4, 0.5) is 29.1 Å². The van der Waals surface area contributed by atoms with Crippen LogP contribution in [0.3, 0.4) is 0 Å². The van der Waals surface area contributed by atoms with Gasteiger partial charge < -0.3 is 24.2 Å². The zero-order valence-corrected chi connectivity index (χ0v) is 21.6. The Morgan fingerprint density at radius 2 is 2.00 bits per heavy atom. The van der Waals surface area contributed by atoms with Gasteiger partial charge in [0.25, 0.3) is 5.91 Å². The molecule has 1 N–H and O–H groups in total. The summed E-state index contributed by atoms with van der Waals surface area (Å²) in [6.07, 6.45) is -3.18. The van der Waals surface area contributed by atoms with E-state index in [-0.39, 0.29) is 36.1 Å². The summed E-state index contributed by atoms with van der Waals surface area (Å²) >= 11 is 0. The lowest BCUT2D eigenvalue weighted by Gasteiger charge is -2.31. The molecule has 40 heavy (non-hydrogen) atoms. The van der Waals surface area contributed by atoms with Crippen LogP contribution in [0.25, 0.3) is 0 Å². The highest BCUT2D eigenvalue weighted by atomic mass is 19.4. The summed E-state index contributed by atoms with van der Waals surface area (Å²) in [6.45, 7) is 3.13. The number of halogens is 4. The zero-order chi connectivity index (χ0) is 28.1. The summed E-state index contributed by atoms with van der Waals surface area (Å²) in [4.78, 5) is 27.9. The van der Waals surface area contributed by atoms with Crippen molar-refractivity contribution >= 4 is 17.4 Å². The van der Waals surface area contributed by atoms with E-state index in [1.165, 1.54) is 12.1 Å². The predicted octanol–water partition coefficient (Wildman–Crippen LogP) is 3.42. The maximum absolute atomic E-state index is 14.3. The van der Waals surface area contributed by atoms with Gasteiger partial charge in [-0.05, 0) is 37.9 Å². The molecule has 2 atom stereocenters. The molecule has 0 spiro atoms. The highest BCUT2D eigenvalue weighted by molar-refractivity contribution is 6.13. The third-order valence-electron chi connectivity index (χ3n) is 7.92. The molecular formula is C26H29F4N5O5. The molecule has 4 aliphatic heterocycles. The van der Waals surface area contributed by atoms with Crippen molar-refractivity contribution in [2.24, 2.45) is 0 Å². The van der Waals surface area contributed by atoms with Gasteiger partial charge in [-0.25, -0.2) is 4.39 Å². The summed E-state index contributed by atoms with van der Waals surface area (Å²) in [5, 5.41) is 9.79. The second kappa shape index (κ2) is 10.2. The Hall–Kier alpha value is -3.39. The van der Waals surface area contributed by atoms with Crippen molar-refractivity contribution in [3.63, 3.8) is 0 Å². The van der Waals surface area contributed by atoms with E-state index >= 15 is 0 Å². The van der Waals surface area contributed by atoms with Crippen LogP contribution in [0, 0.1) is 0 Å². The van der Waals surface area contributed by atoms with E-state index in [2.05, 4.69) is 19.6 Å². The maximum Gasteiger partial charge on any atom is 0.573 e. The van der Waals surface area contributed by atoms with E-state index in [0.717, 1.165) is 30.4 Å². The molecule has 4 aliphatic rings. The van der Waals surface area contributed by atoms with Crippen molar-refractivity contribution in [2.75, 3.05) is 55.8 Å². The highest BCUT2D eigenvalue weighted by Gasteiger charge is 2.49. The quantitative estimate of drug-likeness (QED) is 0.527. The minimum atomic E-state index is -5.04.